The predicted molar refractivity (Wildman–Crippen MR) is 155 cm³/mol. The van der Waals surface area contributed by atoms with Crippen molar-refractivity contribution in [3.63, 3.8) is 0 Å². The van der Waals surface area contributed by atoms with Crippen LogP contribution in [0, 0.1) is 0 Å². The summed E-state index contributed by atoms with van der Waals surface area (Å²) in [6, 6.07) is 13.0. The van der Waals surface area contributed by atoms with Gasteiger partial charge in [-0.1, -0.05) is 36.4 Å². The number of thioether (sulfide) groups is 2. The minimum absolute atomic E-state index is 0.00125. The summed E-state index contributed by atoms with van der Waals surface area (Å²) in [5.74, 6) is -0.299. The van der Waals surface area contributed by atoms with Crippen LogP contribution in [0.25, 0.3) is 5.57 Å². The minimum atomic E-state index is -0.524. The number of fused-ring (bicyclic) bond motifs is 2. The average molecular weight is 550 g/mol. The van der Waals surface area contributed by atoms with E-state index in [0.29, 0.717) is 11.1 Å². The number of allylic oxidation sites excluding steroid dienone is 5. The summed E-state index contributed by atoms with van der Waals surface area (Å²) in [6.07, 6.45) is 12.4. The zero-order chi connectivity index (χ0) is 27.3. The van der Waals surface area contributed by atoms with E-state index in [1.54, 1.807) is 24.3 Å². The number of hydrogen-bond donors (Lipinski definition) is 0. The molecule has 2 aliphatic rings. The van der Waals surface area contributed by atoms with Crippen molar-refractivity contribution in [1.82, 2.24) is 4.90 Å². The van der Waals surface area contributed by atoms with E-state index in [0.717, 1.165) is 40.4 Å². The van der Waals surface area contributed by atoms with Gasteiger partial charge in [-0.3, -0.25) is 14.5 Å². The number of esters is 1. The molecule has 8 heteroatoms. The van der Waals surface area contributed by atoms with E-state index in [-0.39, 0.29) is 29.0 Å². The molecule has 2 aromatic rings. The van der Waals surface area contributed by atoms with Crippen LogP contribution in [0.15, 0.2) is 72.3 Å². The third kappa shape index (κ3) is 5.76. The Morgan fingerprint density at radius 2 is 1.76 bits per heavy atom. The third-order valence-corrected chi connectivity index (χ3v) is 9.85. The summed E-state index contributed by atoms with van der Waals surface area (Å²) < 4.78 is 11.1. The normalized spacial score (nSPS) is 16.9. The minimum Gasteiger partial charge on any atom is -0.493 e. The smallest absolute Gasteiger partial charge is 0.331 e. The van der Waals surface area contributed by atoms with E-state index < -0.39 is 5.97 Å². The van der Waals surface area contributed by atoms with Gasteiger partial charge in [-0.15, -0.1) is 23.5 Å². The molecule has 198 valence electrons. The van der Waals surface area contributed by atoms with Crippen LogP contribution >= 0.6 is 23.5 Å². The van der Waals surface area contributed by atoms with Crippen molar-refractivity contribution < 1.29 is 23.9 Å². The molecule has 2 aliphatic heterocycles. The summed E-state index contributed by atoms with van der Waals surface area (Å²) in [5.41, 5.74) is 4.93. The molecule has 2 amide bonds. The highest BCUT2D eigenvalue weighted by Crippen LogP contribution is 2.52. The highest BCUT2D eigenvalue weighted by atomic mass is 32.2. The number of nitrogens with zero attached hydrogens (tertiary/aromatic N) is 1. The predicted octanol–water partition coefficient (Wildman–Crippen LogP) is 6.09. The van der Waals surface area contributed by atoms with Crippen molar-refractivity contribution >= 4 is 46.9 Å². The first-order valence-corrected chi connectivity index (χ1v) is 14.8. The van der Waals surface area contributed by atoms with Crippen molar-refractivity contribution in [3.05, 3.63) is 94.6 Å². The maximum atomic E-state index is 12.4. The van der Waals surface area contributed by atoms with Crippen LogP contribution in [0.1, 0.15) is 52.1 Å². The van der Waals surface area contributed by atoms with Gasteiger partial charge in [0.05, 0.1) is 28.4 Å². The van der Waals surface area contributed by atoms with Crippen molar-refractivity contribution in [1.29, 1.82) is 0 Å². The molecule has 38 heavy (non-hydrogen) atoms. The Hall–Kier alpha value is -3.23. The Kier molecular flexibility index (Phi) is 8.84. The van der Waals surface area contributed by atoms with Gasteiger partial charge in [0, 0.05) is 18.1 Å². The summed E-state index contributed by atoms with van der Waals surface area (Å²) >= 11 is 3.71. The number of amides is 2. The molecule has 0 aliphatic carbocycles. The van der Waals surface area contributed by atoms with Gasteiger partial charge in [-0.2, -0.15) is 0 Å². The molecule has 6 nitrogen and oxygen atoms in total. The Balaban J connectivity index is 1.33. The van der Waals surface area contributed by atoms with Crippen LogP contribution < -0.4 is 4.74 Å². The van der Waals surface area contributed by atoms with E-state index >= 15 is 0 Å². The lowest BCUT2D eigenvalue weighted by Crippen LogP contribution is -2.33. The molecule has 0 fully saturated rings. The lowest BCUT2D eigenvalue weighted by atomic mass is 9.98. The van der Waals surface area contributed by atoms with Crippen LogP contribution in [0.2, 0.25) is 0 Å². The lowest BCUT2D eigenvalue weighted by Gasteiger charge is -2.36. The summed E-state index contributed by atoms with van der Waals surface area (Å²) in [6.45, 7) is 4.55. The van der Waals surface area contributed by atoms with Gasteiger partial charge in [0.25, 0.3) is 11.8 Å². The Morgan fingerprint density at radius 1 is 1.08 bits per heavy atom. The number of rotatable bonds is 9. The van der Waals surface area contributed by atoms with Crippen LogP contribution in [-0.4, -0.2) is 55.0 Å². The number of benzene rings is 2. The fourth-order valence-electron chi connectivity index (χ4n) is 4.53. The monoisotopic (exact) mass is 549 g/mol. The van der Waals surface area contributed by atoms with Gasteiger partial charge in [-0.25, -0.2) is 4.79 Å². The second kappa shape index (κ2) is 12.1. The maximum Gasteiger partial charge on any atom is 0.331 e. The molecule has 0 aromatic heterocycles. The van der Waals surface area contributed by atoms with Crippen molar-refractivity contribution in [2.24, 2.45) is 0 Å². The molecular weight excluding hydrogens is 518 g/mol. The quantitative estimate of drug-likeness (QED) is 0.123. The fraction of sp³-hybridized carbons (Fsp3) is 0.300. The number of imide groups is 1. The van der Waals surface area contributed by atoms with E-state index in [9.17, 15) is 14.4 Å². The molecule has 0 saturated carbocycles. The van der Waals surface area contributed by atoms with Crippen LogP contribution in [0.4, 0.5) is 0 Å². The average Bonchev–Trinajstić information content (AvgIpc) is 3.17. The van der Waals surface area contributed by atoms with E-state index in [2.05, 4.69) is 37.6 Å². The second-order valence-corrected chi connectivity index (χ2v) is 11.5. The summed E-state index contributed by atoms with van der Waals surface area (Å²) in [4.78, 5) is 38.1. The standard InChI is InChI=1S/C30H31NO5S2/c1-20(18-27(32)36-17-15-31-28(33)23-10-5-6-11-24(23)29(31)34)8-7-9-21(2)22-12-13-26-25(19-22)30(37-3,38-4)14-16-35-26/h5-13,18-19H,14-17H2,1-4H3. The van der Waals surface area contributed by atoms with Gasteiger partial charge in [-0.05, 0) is 67.3 Å². The van der Waals surface area contributed by atoms with Crippen LogP contribution in [0.3, 0.4) is 0 Å². The lowest BCUT2D eigenvalue weighted by molar-refractivity contribution is -0.138. The first kappa shape index (κ1) is 27.8. The van der Waals surface area contributed by atoms with Crippen molar-refractivity contribution in [2.75, 3.05) is 32.3 Å². The molecule has 2 aromatic carbocycles. The largest absolute Gasteiger partial charge is 0.493 e. The van der Waals surface area contributed by atoms with Crippen molar-refractivity contribution in [2.45, 2.75) is 24.3 Å². The molecule has 0 unspecified atom stereocenters. The van der Waals surface area contributed by atoms with Gasteiger partial charge >= 0.3 is 5.97 Å². The highest BCUT2D eigenvalue weighted by Gasteiger charge is 2.37. The molecule has 0 N–H and O–H groups in total. The molecule has 0 atom stereocenters. The second-order valence-electron chi connectivity index (χ2n) is 9.04. The fourth-order valence-corrected chi connectivity index (χ4v) is 6.53. The Bertz CT molecular complexity index is 1300. The topological polar surface area (TPSA) is 72.9 Å². The van der Waals surface area contributed by atoms with E-state index in [1.807, 2.05) is 48.7 Å². The molecule has 4 rings (SSSR count). The van der Waals surface area contributed by atoms with Crippen LogP contribution in [0.5, 0.6) is 5.75 Å². The number of carbonyl (C=O) groups is 3. The summed E-state index contributed by atoms with van der Waals surface area (Å²) in [7, 11) is 0. The number of ether oxygens (including phenoxy) is 2. The van der Waals surface area contributed by atoms with Gasteiger partial charge in [0.1, 0.15) is 12.4 Å². The molecule has 0 radical (unpaired) electrons. The van der Waals surface area contributed by atoms with Crippen molar-refractivity contribution in [3.8, 4) is 5.75 Å². The maximum absolute atomic E-state index is 12.4. The number of hydrogen-bond acceptors (Lipinski definition) is 7. The first-order chi connectivity index (χ1) is 18.3. The Morgan fingerprint density at radius 3 is 2.42 bits per heavy atom. The molecular formula is C30H31NO5S2. The van der Waals surface area contributed by atoms with Gasteiger partial charge in [0.2, 0.25) is 0 Å². The van der Waals surface area contributed by atoms with E-state index in [4.69, 9.17) is 9.47 Å². The molecule has 0 spiro atoms. The molecule has 2 heterocycles. The first-order valence-electron chi connectivity index (χ1n) is 12.3. The van der Waals surface area contributed by atoms with E-state index in [1.165, 1.54) is 11.6 Å². The zero-order valence-corrected chi connectivity index (χ0v) is 23.6. The van der Waals surface area contributed by atoms with Gasteiger partial charge < -0.3 is 9.47 Å². The van der Waals surface area contributed by atoms with Crippen LogP contribution in [-0.2, 0) is 13.6 Å². The zero-order valence-electron chi connectivity index (χ0n) is 22.0. The third-order valence-electron chi connectivity index (χ3n) is 6.68. The molecule has 0 saturated heterocycles. The summed E-state index contributed by atoms with van der Waals surface area (Å²) in [5, 5.41) is 0. The molecule has 0 bridgehead atoms. The Labute approximate surface area is 232 Å². The number of carbonyl (C=O) groups excluding carboxylic acids is 3. The van der Waals surface area contributed by atoms with Gasteiger partial charge in [0.15, 0.2) is 0 Å². The SMILES string of the molecule is CSC1(SC)CCOc2ccc(C(C)=CC=CC(C)=CC(=O)OCCN3C(=O)c4ccccc4C3=O)cc21. The highest BCUT2D eigenvalue weighted by molar-refractivity contribution is 8.16.